The van der Waals surface area contributed by atoms with Crippen LogP contribution in [0.5, 0.6) is 0 Å². The third-order valence-corrected chi connectivity index (χ3v) is 4.54. The van der Waals surface area contributed by atoms with Crippen LogP contribution in [0.15, 0.2) is 24.3 Å². The van der Waals surface area contributed by atoms with E-state index in [9.17, 15) is 0 Å². The van der Waals surface area contributed by atoms with E-state index < -0.39 is 0 Å². The van der Waals surface area contributed by atoms with Crippen molar-refractivity contribution in [1.29, 1.82) is 0 Å². The Hall–Kier alpha value is -1.64. The largest absolute Gasteiger partial charge is 0.368 e. The highest BCUT2D eigenvalue weighted by Crippen LogP contribution is 2.43. The number of aromatic nitrogens is 2. The molecule has 0 aliphatic heterocycles. The molecule has 0 amide bonds. The van der Waals surface area contributed by atoms with Crippen molar-refractivity contribution >= 4 is 16.9 Å². The number of aryl methyl sites for hydroxylation is 1. The Morgan fingerprint density at radius 1 is 1.16 bits per heavy atom. The van der Waals surface area contributed by atoms with Gasteiger partial charge in [0.15, 0.2) is 0 Å². The van der Waals surface area contributed by atoms with Gasteiger partial charge in [0.25, 0.3) is 0 Å². The number of rotatable bonds is 4. The number of anilines is 1. The smallest absolute Gasteiger partial charge is 0.148 e. The van der Waals surface area contributed by atoms with Crippen LogP contribution in [0.3, 0.4) is 0 Å². The highest BCUT2D eigenvalue weighted by Gasteiger charge is 2.34. The topological polar surface area (TPSA) is 37.8 Å². The summed E-state index contributed by atoms with van der Waals surface area (Å²) in [4.78, 5) is 9.32. The number of nitrogens with one attached hydrogen (secondary N) is 1. The fraction of sp³-hybridized carbons (Fsp3) is 0.500. The molecule has 3 heteroatoms. The lowest BCUT2D eigenvalue weighted by molar-refractivity contribution is 0.145. The molecular formula is C16H21N3. The molecule has 0 unspecified atom stereocenters. The fourth-order valence-electron chi connectivity index (χ4n) is 2.86. The van der Waals surface area contributed by atoms with E-state index in [1.165, 1.54) is 25.7 Å². The minimum absolute atomic E-state index is 0.500. The minimum atomic E-state index is 0.500. The van der Waals surface area contributed by atoms with E-state index in [0.717, 1.165) is 29.1 Å². The van der Waals surface area contributed by atoms with Crippen molar-refractivity contribution in [2.75, 3.05) is 11.9 Å². The van der Waals surface area contributed by atoms with Crippen LogP contribution in [0.25, 0.3) is 11.0 Å². The molecule has 1 heterocycles. The van der Waals surface area contributed by atoms with Crippen LogP contribution in [0.1, 0.15) is 38.3 Å². The van der Waals surface area contributed by atoms with Crippen LogP contribution in [0.4, 0.5) is 5.82 Å². The number of nitrogens with zero attached hydrogens (tertiary/aromatic N) is 2. The number of benzene rings is 1. The van der Waals surface area contributed by atoms with Crippen molar-refractivity contribution < 1.29 is 0 Å². The second kappa shape index (κ2) is 4.80. The molecule has 1 N–H and O–H groups in total. The van der Waals surface area contributed by atoms with E-state index in [1.54, 1.807) is 0 Å². The van der Waals surface area contributed by atoms with E-state index >= 15 is 0 Å². The Balaban J connectivity index is 1.82. The third kappa shape index (κ3) is 2.29. The van der Waals surface area contributed by atoms with Crippen molar-refractivity contribution in [2.45, 2.75) is 39.5 Å². The van der Waals surface area contributed by atoms with Crippen molar-refractivity contribution in [3.8, 4) is 0 Å². The van der Waals surface area contributed by atoms with Gasteiger partial charge in [0.2, 0.25) is 0 Å². The van der Waals surface area contributed by atoms with Gasteiger partial charge in [0, 0.05) is 6.54 Å². The highest BCUT2D eigenvalue weighted by atomic mass is 15.0. The molecule has 0 spiro atoms. The second-order valence-corrected chi connectivity index (χ2v) is 5.71. The van der Waals surface area contributed by atoms with Crippen LogP contribution in [0.2, 0.25) is 0 Å². The lowest BCUT2D eigenvalue weighted by Gasteiger charge is -2.41. The molecule has 3 nitrogen and oxygen atoms in total. The van der Waals surface area contributed by atoms with Crippen LogP contribution < -0.4 is 5.32 Å². The van der Waals surface area contributed by atoms with Crippen molar-refractivity contribution in [2.24, 2.45) is 5.41 Å². The zero-order chi connectivity index (χ0) is 13.3. The number of fused-ring (bicyclic) bond motifs is 1. The quantitative estimate of drug-likeness (QED) is 0.899. The van der Waals surface area contributed by atoms with Gasteiger partial charge in [-0.25, -0.2) is 9.97 Å². The standard InChI is InChI=1S/C16H21N3/c1-3-16(9-6-10-16)11-17-15-12(2)18-13-7-4-5-8-14(13)19-15/h4-5,7-8H,3,6,9-11H2,1-2H3,(H,17,19). The average molecular weight is 255 g/mol. The minimum Gasteiger partial charge on any atom is -0.368 e. The molecule has 1 aromatic heterocycles. The van der Waals surface area contributed by atoms with Crippen LogP contribution in [0, 0.1) is 12.3 Å². The maximum absolute atomic E-state index is 4.70. The van der Waals surface area contributed by atoms with E-state index in [-0.39, 0.29) is 0 Å². The number of hydrogen-bond acceptors (Lipinski definition) is 3. The first kappa shape index (κ1) is 12.4. The van der Waals surface area contributed by atoms with Gasteiger partial charge in [0.05, 0.1) is 16.7 Å². The van der Waals surface area contributed by atoms with Gasteiger partial charge in [-0.1, -0.05) is 25.5 Å². The summed E-state index contributed by atoms with van der Waals surface area (Å²) in [6.45, 7) is 5.35. The molecule has 1 aliphatic rings. The zero-order valence-corrected chi connectivity index (χ0v) is 11.7. The molecule has 0 bridgehead atoms. The Labute approximate surface area is 114 Å². The molecule has 0 saturated heterocycles. The molecule has 2 aromatic rings. The predicted octanol–water partition coefficient (Wildman–Crippen LogP) is 3.93. The highest BCUT2D eigenvalue weighted by molar-refractivity contribution is 5.76. The van der Waals surface area contributed by atoms with Crippen LogP contribution in [-0.2, 0) is 0 Å². The van der Waals surface area contributed by atoms with Crippen LogP contribution >= 0.6 is 0 Å². The van der Waals surface area contributed by atoms with Gasteiger partial charge in [0.1, 0.15) is 5.82 Å². The summed E-state index contributed by atoms with van der Waals surface area (Å²) < 4.78 is 0. The van der Waals surface area contributed by atoms with E-state index in [4.69, 9.17) is 4.98 Å². The number of para-hydroxylation sites is 2. The van der Waals surface area contributed by atoms with Gasteiger partial charge >= 0.3 is 0 Å². The summed E-state index contributed by atoms with van der Waals surface area (Å²) in [5, 5.41) is 3.53. The van der Waals surface area contributed by atoms with Gasteiger partial charge < -0.3 is 5.32 Å². The van der Waals surface area contributed by atoms with E-state index in [0.29, 0.717) is 5.41 Å². The summed E-state index contributed by atoms with van der Waals surface area (Å²) >= 11 is 0. The van der Waals surface area contributed by atoms with Gasteiger partial charge in [-0.15, -0.1) is 0 Å². The molecule has 100 valence electrons. The second-order valence-electron chi connectivity index (χ2n) is 5.71. The monoisotopic (exact) mass is 255 g/mol. The maximum Gasteiger partial charge on any atom is 0.148 e. The lowest BCUT2D eigenvalue weighted by atomic mass is 9.67. The molecule has 1 aromatic carbocycles. The molecular weight excluding hydrogens is 234 g/mol. The fourth-order valence-corrected chi connectivity index (χ4v) is 2.86. The van der Waals surface area contributed by atoms with Crippen molar-refractivity contribution in [3.05, 3.63) is 30.0 Å². The third-order valence-electron chi connectivity index (χ3n) is 4.54. The molecule has 1 fully saturated rings. The summed E-state index contributed by atoms with van der Waals surface area (Å²) in [5.41, 5.74) is 3.43. The first-order valence-electron chi connectivity index (χ1n) is 7.20. The Morgan fingerprint density at radius 2 is 1.84 bits per heavy atom. The molecule has 19 heavy (non-hydrogen) atoms. The lowest BCUT2D eigenvalue weighted by Crippen LogP contribution is -2.36. The summed E-state index contributed by atoms with van der Waals surface area (Å²) in [5.74, 6) is 0.943. The van der Waals surface area contributed by atoms with Crippen molar-refractivity contribution in [3.63, 3.8) is 0 Å². The molecule has 1 aliphatic carbocycles. The Bertz CT molecular complexity index is 582. The van der Waals surface area contributed by atoms with Gasteiger partial charge in [-0.05, 0) is 43.7 Å². The van der Waals surface area contributed by atoms with Gasteiger partial charge in [-0.3, -0.25) is 0 Å². The Morgan fingerprint density at radius 3 is 2.42 bits per heavy atom. The summed E-state index contributed by atoms with van der Waals surface area (Å²) in [6.07, 6.45) is 5.31. The summed E-state index contributed by atoms with van der Waals surface area (Å²) in [7, 11) is 0. The average Bonchev–Trinajstić information content (AvgIpc) is 2.38. The molecule has 0 radical (unpaired) electrons. The first-order chi connectivity index (χ1) is 9.22. The molecule has 1 saturated carbocycles. The van der Waals surface area contributed by atoms with E-state index in [1.807, 2.05) is 31.2 Å². The van der Waals surface area contributed by atoms with Crippen molar-refractivity contribution in [1.82, 2.24) is 9.97 Å². The summed E-state index contributed by atoms with van der Waals surface area (Å²) in [6, 6.07) is 8.05. The first-order valence-corrected chi connectivity index (χ1v) is 7.20. The maximum atomic E-state index is 4.70. The van der Waals surface area contributed by atoms with Crippen LogP contribution in [-0.4, -0.2) is 16.5 Å². The van der Waals surface area contributed by atoms with Gasteiger partial charge in [-0.2, -0.15) is 0 Å². The normalized spacial score (nSPS) is 17.2. The number of hydrogen-bond donors (Lipinski definition) is 1. The SMILES string of the molecule is CCC1(CNc2nc3ccccc3nc2C)CCC1. The predicted molar refractivity (Wildman–Crippen MR) is 79.3 cm³/mol. The zero-order valence-electron chi connectivity index (χ0n) is 11.7. The molecule has 3 rings (SSSR count). The Kier molecular flexibility index (Phi) is 3.13. The molecule has 0 atom stereocenters. The van der Waals surface area contributed by atoms with E-state index in [2.05, 4.69) is 17.2 Å².